The number of thioether (sulfide) groups is 1. The minimum atomic E-state index is -4.31. The van der Waals surface area contributed by atoms with Gasteiger partial charge in [0.15, 0.2) is 5.82 Å². The maximum atomic E-state index is 11.1. The van der Waals surface area contributed by atoms with Crippen molar-refractivity contribution >= 4 is 60.2 Å². The lowest BCUT2D eigenvalue weighted by molar-refractivity contribution is 0.481. The summed E-state index contributed by atoms with van der Waals surface area (Å²) in [4.78, 5) is 3.79. The minimum Gasteiger partial charge on any atom is -0.382 e. The molecule has 0 unspecified atom stereocenters. The molecule has 0 saturated carbocycles. The Balaban J connectivity index is 1.70. The average molecular weight is 492 g/mol. The topological polar surface area (TPSA) is 203 Å². The Bertz CT molecular complexity index is 1280. The molecule has 3 aromatic rings. The van der Waals surface area contributed by atoms with Crippen molar-refractivity contribution in [2.24, 2.45) is 10.2 Å². The van der Waals surface area contributed by atoms with E-state index in [1.807, 2.05) is 0 Å². The van der Waals surface area contributed by atoms with Crippen LogP contribution >= 0.6 is 23.3 Å². The summed E-state index contributed by atoms with van der Waals surface area (Å²) in [6.45, 7) is 0. The number of nitrogens with zero attached hydrogens (tertiary/aromatic N) is 6. The van der Waals surface area contributed by atoms with E-state index in [0.29, 0.717) is 10.8 Å². The normalized spacial score (nSPS) is 12.6. The molecular weight excluding hydrogens is 478 g/mol. The van der Waals surface area contributed by atoms with Crippen LogP contribution in [0.2, 0.25) is 0 Å². The number of benzene rings is 1. The molecule has 13 nitrogen and oxygen atoms in total. The van der Waals surface area contributed by atoms with Crippen molar-refractivity contribution in [1.82, 2.24) is 19.1 Å². The smallest absolute Gasteiger partial charge is 0.294 e. The van der Waals surface area contributed by atoms with Crippen LogP contribution in [-0.2, 0) is 20.2 Å². The van der Waals surface area contributed by atoms with Gasteiger partial charge in [-0.3, -0.25) is 9.11 Å². The number of anilines is 1. The summed E-state index contributed by atoms with van der Waals surface area (Å²) in [5, 5.41) is 12.4. The van der Waals surface area contributed by atoms with Gasteiger partial charge in [-0.2, -0.15) is 31.3 Å². The van der Waals surface area contributed by atoms with Crippen LogP contribution in [0.25, 0.3) is 5.69 Å². The van der Waals surface area contributed by atoms with Gasteiger partial charge in [0.25, 0.3) is 20.2 Å². The molecule has 17 heteroatoms. The van der Waals surface area contributed by atoms with Crippen molar-refractivity contribution < 1.29 is 25.9 Å². The first-order chi connectivity index (χ1) is 14.0. The molecule has 2 aromatic heterocycles. The quantitative estimate of drug-likeness (QED) is 0.236. The van der Waals surface area contributed by atoms with Crippen LogP contribution in [0, 0.1) is 0 Å². The molecule has 0 radical (unpaired) electrons. The predicted molar refractivity (Wildman–Crippen MR) is 109 cm³/mol. The first-order valence-corrected chi connectivity index (χ1v) is 12.6. The summed E-state index contributed by atoms with van der Waals surface area (Å²) in [5.74, 6) is -0.206. The molecule has 3 rings (SSSR count). The monoisotopic (exact) mass is 491 g/mol. The highest BCUT2D eigenvalue weighted by Gasteiger charge is 2.13. The van der Waals surface area contributed by atoms with E-state index in [1.165, 1.54) is 35.1 Å². The number of nitrogens with two attached hydrogens (primary N) is 1. The molecule has 30 heavy (non-hydrogen) atoms. The van der Waals surface area contributed by atoms with E-state index in [0.717, 1.165) is 23.3 Å². The van der Waals surface area contributed by atoms with Crippen LogP contribution < -0.4 is 5.73 Å². The molecule has 0 aliphatic rings. The summed E-state index contributed by atoms with van der Waals surface area (Å²) in [6.07, 6.45) is 1.35. The summed E-state index contributed by atoms with van der Waals surface area (Å²) < 4.78 is 66.6. The molecule has 0 atom stereocenters. The molecule has 0 bridgehead atoms. The van der Waals surface area contributed by atoms with Gasteiger partial charge in [-0.1, -0.05) is 11.8 Å². The maximum Gasteiger partial charge on any atom is 0.294 e. The van der Waals surface area contributed by atoms with Gasteiger partial charge in [0.05, 0.1) is 22.5 Å². The standard InChI is InChI=1S/C13H13N7O6S4/c14-11-10(7-15-20(11)8-1-3-9(4-2-8)30(24,25)26)17-18-12-16-13(19-28-12)27-5-6-29(21,22)23/h1-4,7H,5-6,14H2,(H,21,22,23)(H,24,25,26). The van der Waals surface area contributed by atoms with E-state index in [4.69, 9.17) is 14.8 Å². The summed E-state index contributed by atoms with van der Waals surface area (Å²) in [7, 11) is -8.36. The van der Waals surface area contributed by atoms with Gasteiger partial charge in [-0.05, 0) is 24.3 Å². The number of aromatic nitrogens is 4. The molecule has 0 fully saturated rings. The predicted octanol–water partition coefficient (Wildman–Crippen LogP) is 1.95. The van der Waals surface area contributed by atoms with E-state index in [9.17, 15) is 16.8 Å². The molecule has 0 aliphatic heterocycles. The summed E-state index contributed by atoms with van der Waals surface area (Å²) >= 11 is 1.98. The van der Waals surface area contributed by atoms with Crippen molar-refractivity contribution in [3.63, 3.8) is 0 Å². The molecule has 160 valence electrons. The van der Waals surface area contributed by atoms with Crippen molar-refractivity contribution in [2.75, 3.05) is 17.2 Å². The third-order valence-corrected chi connectivity index (χ3v) is 6.79. The lowest BCUT2D eigenvalue weighted by Crippen LogP contribution is -2.05. The third-order valence-electron chi connectivity index (χ3n) is 3.38. The van der Waals surface area contributed by atoms with E-state index < -0.39 is 26.0 Å². The zero-order valence-electron chi connectivity index (χ0n) is 14.7. The fourth-order valence-corrected chi connectivity index (χ4v) is 4.80. The van der Waals surface area contributed by atoms with Crippen LogP contribution in [0.15, 0.2) is 50.7 Å². The Morgan fingerprint density at radius 2 is 1.83 bits per heavy atom. The fraction of sp³-hybridized carbons (Fsp3) is 0.154. The first kappa shape index (κ1) is 22.2. The van der Waals surface area contributed by atoms with Crippen molar-refractivity contribution in [2.45, 2.75) is 10.1 Å². The Morgan fingerprint density at radius 1 is 1.13 bits per heavy atom. The molecule has 0 spiro atoms. The highest BCUT2D eigenvalue weighted by molar-refractivity contribution is 8.00. The number of hydrogen-bond acceptors (Lipinski definition) is 12. The highest BCUT2D eigenvalue weighted by Crippen LogP contribution is 2.28. The van der Waals surface area contributed by atoms with E-state index in [-0.39, 0.29) is 27.3 Å². The Kier molecular flexibility index (Phi) is 6.48. The van der Waals surface area contributed by atoms with Gasteiger partial charge in [0.2, 0.25) is 10.3 Å². The van der Waals surface area contributed by atoms with Gasteiger partial charge >= 0.3 is 0 Å². The molecule has 2 heterocycles. The van der Waals surface area contributed by atoms with Crippen LogP contribution in [0.4, 0.5) is 16.6 Å². The maximum absolute atomic E-state index is 11.1. The Hall–Kier alpha value is -2.44. The van der Waals surface area contributed by atoms with Gasteiger partial charge < -0.3 is 5.73 Å². The van der Waals surface area contributed by atoms with Crippen molar-refractivity contribution in [1.29, 1.82) is 0 Å². The van der Waals surface area contributed by atoms with Crippen LogP contribution in [0.1, 0.15) is 0 Å². The van der Waals surface area contributed by atoms with Crippen LogP contribution in [0.5, 0.6) is 0 Å². The number of hydrogen-bond donors (Lipinski definition) is 3. The van der Waals surface area contributed by atoms with Gasteiger partial charge in [0.1, 0.15) is 5.69 Å². The second kappa shape index (κ2) is 8.74. The number of rotatable bonds is 8. The Labute approximate surface area is 178 Å². The van der Waals surface area contributed by atoms with E-state index >= 15 is 0 Å². The van der Waals surface area contributed by atoms with Crippen molar-refractivity contribution in [3.05, 3.63) is 30.5 Å². The van der Waals surface area contributed by atoms with Gasteiger partial charge in [-0.15, -0.1) is 10.2 Å². The SMILES string of the molecule is Nc1c(N=Nc2nc(SCCS(=O)(=O)O)ns2)cnn1-c1ccc(S(=O)(=O)O)cc1. The second-order valence-electron chi connectivity index (χ2n) is 5.49. The largest absolute Gasteiger partial charge is 0.382 e. The lowest BCUT2D eigenvalue weighted by atomic mass is 10.3. The highest BCUT2D eigenvalue weighted by atomic mass is 32.2. The number of azo groups is 1. The van der Waals surface area contributed by atoms with Crippen LogP contribution in [0.3, 0.4) is 0 Å². The molecule has 1 aromatic carbocycles. The minimum absolute atomic E-state index is 0.0856. The van der Waals surface area contributed by atoms with Gasteiger partial charge in [0, 0.05) is 17.3 Å². The average Bonchev–Trinajstić information content (AvgIpc) is 3.25. The molecule has 0 saturated heterocycles. The first-order valence-electron chi connectivity index (χ1n) is 7.78. The van der Waals surface area contributed by atoms with E-state index in [2.05, 4.69) is 24.7 Å². The summed E-state index contributed by atoms with van der Waals surface area (Å²) in [6, 6.07) is 5.23. The van der Waals surface area contributed by atoms with Crippen LogP contribution in [-0.4, -0.2) is 56.6 Å². The fourth-order valence-electron chi connectivity index (χ4n) is 2.03. The molecule has 0 aliphatic carbocycles. The second-order valence-corrected chi connectivity index (χ2v) is 10.3. The summed E-state index contributed by atoms with van der Waals surface area (Å²) in [5.41, 5.74) is 6.66. The molecule has 0 amide bonds. The lowest BCUT2D eigenvalue weighted by Gasteiger charge is -2.04. The van der Waals surface area contributed by atoms with Gasteiger partial charge in [-0.25, -0.2) is 4.68 Å². The molecule has 4 N–H and O–H groups in total. The third kappa shape index (κ3) is 5.80. The zero-order chi connectivity index (χ0) is 21.9. The molecular formula is C13H13N7O6S4. The number of nitrogen functional groups attached to an aromatic ring is 1. The van der Waals surface area contributed by atoms with E-state index in [1.54, 1.807) is 0 Å². The Morgan fingerprint density at radius 3 is 2.47 bits per heavy atom. The van der Waals surface area contributed by atoms with Crippen molar-refractivity contribution in [3.8, 4) is 5.69 Å². The zero-order valence-corrected chi connectivity index (χ0v) is 18.0.